The van der Waals surface area contributed by atoms with Gasteiger partial charge in [-0.1, -0.05) is 67.3 Å². The molecule has 0 saturated heterocycles. The van der Waals surface area contributed by atoms with Gasteiger partial charge in [0.2, 0.25) is 0 Å². The Kier molecular flexibility index (Phi) is 19.9. The van der Waals surface area contributed by atoms with Crippen molar-refractivity contribution in [2.75, 3.05) is 11.9 Å². The quantitative estimate of drug-likeness (QED) is 0.454. The summed E-state index contributed by atoms with van der Waals surface area (Å²) < 4.78 is 0. The molecule has 1 N–H and O–H groups in total. The van der Waals surface area contributed by atoms with Crippen LogP contribution in [0.25, 0.3) is 0 Å². The van der Waals surface area contributed by atoms with Crippen LogP contribution in [0.15, 0.2) is 0 Å². The molecule has 0 unspecified atom stereocenters. The van der Waals surface area contributed by atoms with E-state index in [-0.39, 0.29) is 6.15 Å². The van der Waals surface area contributed by atoms with Gasteiger partial charge >= 0.3 is 0 Å². The van der Waals surface area contributed by atoms with Gasteiger partial charge in [-0.15, -0.1) is 0 Å². The molecule has 0 saturated carbocycles. The summed E-state index contributed by atoms with van der Waals surface area (Å²) in [6, 6.07) is 0. The third-order valence-electron chi connectivity index (χ3n) is 2.54. The minimum Gasteiger partial charge on any atom is -0.396 e. The van der Waals surface area contributed by atoms with Crippen molar-refractivity contribution in [3.8, 4) is 0 Å². The molecule has 0 rings (SSSR count). The van der Waals surface area contributed by atoms with Gasteiger partial charge in [0.15, 0.2) is 0 Å². The highest BCUT2D eigenvalue weighted by Gasteiger charge is 1.92. The molecule has 0 spiro atoms. The van der Waals surface area contributed by atoms with Crippen LogP contribution in [0.5, 0.6) is 0 Å². The second kappa shape index (κ2) is 16.8. The molecule has 0 aliphatic heterocycles. The predicted octanol–water partition coefficient (Wildman–Crippen LogP) is 3.79. The van der Waals surface area contributed by atoms with E-state index in [0.717, 1.165) is 11.8 Å². The van der Waals surface area contributed by atoms with E-state index < -0.39 is 0 Å². The third-order valence-corrected chi connectivity index (χ3v) is 3.10. The molecular weight excluding hydrogens is 254 g/mol. The summed E-state index contributed by atoms with van der Waals surface area (Å²) in [5, 5.41) is 9.75. The van der Waals surface area contributed by atoms with Crippen molar-refractivity contribution in [2.45, 2.75) is 64.2 Å². The maximum Gasteiger partial charge on any atom is 0.0431 e. The van der Waals surface area contributed by atoms with Gasteiger partial charge < -0.3 is 5.11 Å². The van der Waals surface area contributed by atoms with Crippen molar-refractivity contribution in [3.63, 3.8) is 0 Å². The van der Waals surface area contributed by atoms with Gasteiger partial charge in [0.1, 0.15) is 0 Å². The summed E-state index contributed by atoms with van der Waals surface area (Å²) in [7, 11) is 0. The average molecular weight is 279 g/mol. The Morgan fingerprint density at radius 3 is 1.27 bits per heavy atom. The number of hydrogen-bond donors (Lipinski definition) is 1. The van der Waals surface area contributed by atoms with E-state index in [9.17, 15) is 0 Å². The first-order chi connectivity index (χ1) is 6.91. The number of aliphatic hydroxyl groups excluding tert-OH is 1. The first-order valence-electron chi connectivity index (χ1n) is 6.08. The third kappa shape index (κ3) is 17.0. The van der Waals surface area contributed by atoms with Gasteiger partial charge in [-0.25, -0.2) is 0 Å². The fraction of sp³-hybridized carbons (Fsp3) is 1.00. The van der Waals surface area contributed by atoms with Gasteiger partial charge in [0.05, 0.1) is 0 Å². The van der Waals surface area contributed by atoms with E-state index in [4.69, 9.17) is 5.11 Å². The SMILES string of the molecule is OCCCCCCCCCCCCBr.[N]. The summed E-state index contributed by atoms with van der Waals surface area (Å²) in [5.41, 5.74) is 0. The zero-order valence-electron chi connectivity index (χ0n) is 9.76. The Bertz CT molecular complexity index is 89.6. The Balaban J connectivity index is 0. The van der Waals surface area contributed by atoms with E-state index in [1.807, 2.05) is 0 Å². The van der Waals surface area contributed by atoms with Crippen molar-refractivity contribution >= 4 is 15.9 Å². The van der Waals surface area contributed by atoms with E-state index in [1.165, 1.54) is 57.8 Å². The summed E-state index contributed by atoms with van der Waals surface area (Å²) in [6.07, 6.45) is 13.2. The first kappa shape index (κ1) is 17.8. The molecule has 0 amide bonds. The smallest absolute Gasteiger partial charge is 0.0431 e. The van der Waals surface area contributed by atoms with Crippen molar-refractivity contribution in [1.29, 1.82) is 0 Å². The fourth-order valence-corrected chi connectivity index (χ4v) is 2.02. The standard InChI is InChI=1S/C12H25BrO.N/c13-11-9-7-5-3-1-2-4-6-8-10-12-14;/h14H,1-12H2;. The summed E-state index contributed by atoms with van der Waals surface area (Å²) in [6.45, 7) is 0.368. The second-order valence-electron chi connectivity index (χ2n) is 3.95. The molecule has 3 radical (unpaired) electrons. The Morgan fingerprint density at radius 2 is 0.933 bits per heavy atom. The van der Waals surface area contributed by atoms with Crippen molar-refractivity contribution in [2.24, 2.45) is 0 Å². The lowest BCUT2D eigenvalue weighted by Crippen LogP contribution is -1.84. The molecule has 15 heavy (non-hydrogen) atoms. The molecule has 2 nitrogen and oxygen atoms in total. The minimum absolute atomic E-state index is 0. The molecule has 0 heterocycles. The summed E-state index contributed by atoms with van der Waals surface area (Å²) >= 11 is 3.45. The van der Waals surface area contributed by atoms with Crippen LogP contribution in [0.1, 0.15) is 64.2 Å². The number of rotatable bonds is 11. The van der Waals surface area contributed by atoms with Gasteiger partial charge in [0.25, 0.3) is 0 Å². The topological polar surface area (TPSA) is 50.7 Å². The van der Waals surface area contributed by atoms with Gasteiger partial charge in [-0.3, -0.25) is 0 Å². The highest BCUT2D eigenvalue weighted by molar-refractivity contribution is 9.09. The number of aliphatic hydroxyl groups is 1. The zero-order chi connectivity index (χ0) is 10.5. The normalized spacial score (nSPS) is 10.0. The lowest BCUT2D eigenvalue weighted by molar-refractivity contribution is 0.282. The van der Waals surface area contributed by atoms with Crippen LogP contribution in [0.3, 0.4) is 0 Å². The minimum atomic E-state index is 0. The maximum atomic E-state index is 8.59. The summed E-state index contributed by atoms with van der Waals surface area (Å²) in [5.74, 6) is 0. The highest BCUT2D eigenvalue weighted by Crippen LogP contribution is 2.10. The first-order valence-corrected chi connectivity index (χ1v) is 7.20. The molecule has 0 aliphatic rings. The Hall–Kier alpha value is 0.400. The van der Waals surface area contributed by atoms with Crippen LogP contribution in [0.2, 0.25) is 0 Å². The van der Waals surface area contributed by atoms with E-state index in [0.29, 0.717) is 6.61 Å². The van der Waals surface area contributed by atoms with Gasteiger partial charge in [-0.05, 0) is 12.8 Å². The number of alkyl halides is 1. The molecule has 91 valence electrons. The number of nitrogens with zero attached hydrogens (tertiary/aromatic N) is 1. The van der Waals surface area contributed by atoms with Crippen molar-refractivity contribution < 1.29 is 5.11 Å². The Labute approximate surface area is 104 Å². The molecule has 0 fully saturated rings. The van der Waals surface area contributed by atoms with Gasteiger partial charge in [-0.2, -0.15) is 0 Å². The zero-order valence-corrected chi connectivity index (χ0v) is 11.3. The lowest BCUT2D eigenvalue weighted by atomic mass is 10.1. The molecule has 0 atom stereocenters. The van der Waals surface area contributed by atoms with E-state index in [1.54, 1.807) is 0 Å². The molecule has 3 heteroatoms. The molecule has 0 bridgehead atoms. The maximum absolute atomic E-state index is 8.59. The number of hydrogen-bond acceptors (Lipinski definition) is 1. The monoisotopic (exact) mass is 278 g/mol. The molecular formula is C12H25BrNO. The molecule has 0 aliphatic carbocycles. The Morgan fingerprint density at radius 1 is 0.600 bits per heavy atom. The predicted molar refractivity (Wildman–Crippen MR) is 69.2 cm³/mol. The highest BCUT2D eigenvalue weighted by atomic mass is 79.9. The molecule has 0 aromatic heterocycles. The number of halogens is 1. The van der Waals surface area contributed by atoms with Crippen LogP contribution in [0.4, 0.5) is 0 Å². The van der Waals surface area contributed by atoms with Gasteiger partial charge in [0, 0.05) is 18.1 Å². The second-order valence-corrected chi connectivity index (χ2v) is 4.74. The number of unbranched alkanes of at least 4 members (excludes halogenated alkanes) is 9. The molecule has 0 aromatic carbocycles. The lowest BCUT2D eigenvalue weighted by Gasteiger charge is -2.01. The average Bonchev–Trinajstić information content (AvgIpc) is 2.21. The van der Waals surface area contributed by atoms with E-state index in [2.05, 4.69) is 15.9 Å². The van der Waals surface area contributed by atoms with E-state index >= 15 is 0 Å². The molecule has 0 aromatic rings. The van der Waals surface area contributed by atoms with Crippen molar-refractivity contribution in [3.05, 3.63) is 0 Å². The van der Waals surface area contributed by atoms with Crippen LogP contribution >= 0.6 is 15.9 Å². The largest absolute Gasteiger partial charge is 0.396 e. The van der Waals surface area contributed by atoms with Crippen LogP contribution in [-0.2, 0) is 0 Å². The van der Waals surface area contributed by atoms with Crippen molar-refractivity contribution in [1.82, 2.24) is 6.15 Å². The van der Waals surface area contributed by atoms with Crippen LogP contribution < -0.4 is 6.15 Å². The fourth-order valence-electron chi connectivity index (χ4n) is 1.62. The van der Waals surface area contributed by atoms with Crippen LogP contribution in [0, 0.1) is 0 Å². The van der Waals surface area contributed by atoms with Crippen LogP contribution in [-0.4, -0.2) is 17.0 Å². The summed E-state index contributed by atoms with van der Waals surface area (Å²) in [4.78, 5) is 0.